The quantitative estimate of drug-likeness (QED) is 0.577. The molecule has 3 unspecified atom stereocenters. The Balaban J connectivity index is 1.49. The normalized spacial score (nSPS) is 39.9. The third-order valence-electron chi connectivity index (χ3n) is 5.94. The van der Waals surface area contributed by atoms with E-state index < -0.39 is 0 Å². The minimum atomic E-state index is 0.455. The summed E-state index contributed by atoms with van der Waals surface area (Å²) in [5, 5.41) is 3.81. The molecule has 3 atom stereocenters. The monoisotopic (exact) mass is 263 g/mol. The summed E-state index contributed by atoms with van der Waals surface area (Å²) in [4.78, 5) is 6.95. The summed E-state index contributed by atoms with van der Waals surface area (Å²) in [6.07, 6.45) is 8.49. The zero-order valence-electron chi connectivity index (χ0n) is 11.9. The van der Waals surface area contributed by atoms with Gasteiger partial charge in [-0.2, -0.15) is 0 Å². The molecule has 0 radical (unpaired) electrons. The summed E-state index contributed by atoms with van der Waals surface area (Å²) in [7, 11) is 1.93. The van der Waals surface area contributed by atoms with Gasteiger partial charge in [-0.15, -0.1) is 0 Å². The molecule has 4 rings (SSSR count). The molecule has 0 aromatic heterocycles. The topological polar surface area (TPSA) is 36.9 Å². The lowest BCUT2D eigenvalue weighted by Crippen LogP contribution is -2.72. The Bertz CT molecular complexity index is 385. The van der Waals surface area contributed by atoms with Gasteiger partial charge in [0.25, 0.3) is 0 Å². The Kier molecular flexibility index (Phi) is 2.76. The van der Waals surface area contributed by atoms with Crippen LogP contribution in [0.4, 0.5) is 0 Å². The first-order valence-corrected chi connectivity index (χ1v) is 7.95. The van der Waals surface area contributed by atoms with Crippen molar-refractivity contribution in [3.63, 3.8) is 0 Å². The van der Waals surface area contributed by atoms with E-state index in [2.05, 4.69) is 15.2 Å². The smallest absolute Gasteiger partial charge is 0.193 e. The van der Waals surface area contributed by atoms with Gasteiger partial charge in [0.15, 0.2) is 5.96 Å². The van der Waals surface area contributed by atoms with Gasteiger partial charge in [-0.05, 0) is 32.1 Å². The average molecular weight is 263 g/mol. The van der Waals surface area contributed by atoms with Gasteiger partial charge < -0.3 is 15.0 Å². The molecule has 2 saturated carbocycles. The number of rotatable bonds is 1. The second-order valence-corrected chi connectivity index (χ2v) is 6.69. The van der Waals surface area contributed by atoms with Crippen LogP contribution in [0.2, 0.25) is 0 Å². The maximum atomic E-state index is 5.99. The highest BCUT2D eigenvalue weighted by Crippen LogP contribution is 2.62. The second-order valence-electron chi connectivity index (χ2n) is 6.69. The van der Waals surface area contributed by atoms with Crippen molar-refractivity contribution < 1.29 is 4.74 Å². The summed E-state index contributed by atoms with van der Waals surface area (Å²) in [5.41, 5.74) is 0.455. The van der Waals surface area contributed by atoms with Crippen molar-refractivity contribution in [1.29, 1.82) is 0 Å². The van der Waals surface area contributed by atoms with Crippen molar-refractivity contribution >= 4 is 5.96 Å². The summed E-state index contributed by atoms with van der Waals surface area (Å²) in [6, 6.07) is 0.619. The van der Waals surface area contributed by atoms with Gasteiger partial charge in [0.2, 0.25) is 0 Å². The Morgan fingerprint density at radius 2 is 2.05 bits per heavy atom. The first kappa shape index (κ1) is 12.0. The van der Waals surface area contributed by atoms with E-state index >= 15 is 0 Å². The van der Waals surface area contributed by atoms with E-state index in [0.29, 0.717) is 17.6 Å². The molecule has 2 saturated heterocycles. The Morgan fingerprint density at radius 3 is 2.68 bits per heavy atom. The summed E-state index contributed by atoms with van der Waals surface area (Å²) in [5.74, 6) is 1.87. The molecule has 0 amide bonds. The Morgan fingerprint density at radius 1 is 1.26 bits per heavy atom. The van der Waals surface area contributed by atoms with Gasteiger partial charge in [0.05, 0.1) is 6.10 Å². The zero-order valence-corrected chi connectivity index (χ0v) is 11.9. The Labute approximate surface area is 115 Å². The molecule has 106 valence electrons. The second kappa shape index (κ2) is 4.37. The van der Waals surface area contributed by atoms with Crippen molar-refractivity contribution in [1.82, 2.24) is 10.2 Å². The molecule has 19 heavy (non-hydrogen) atoms. The largest absolute Gasteiger partial charge is 0.377 e. The third-order valence-corrected chi connectivity index (χ3v) is 5.94. The lowest BCUT2D eigenvalue weighted by molar-refractivity contribution is -0.171. The van der Waals surface area contributed by atoms with Gasteiger partial charge in [-0.3, -0.25) is 4.99 Å². The first-order chi connectivity index (χ1) is 9.35. The molecule has 0 aromatic carbocycles. The van der Waals surface area contributed by atoms with Gasteiger partial charge in [0, 0.05) is 44.1 Å². The molecular formula is C15H25N3O. The molecule has 0 bridgehead atoms. The highest BCUT2D eigenvalue weighted by atomic mass is 16.5. The summed E-state index contributed by atoms with van der Waals surface area (Å²) >= 11 is 0. The van der Waals surface area contributed by atoms with Crippen LogP contribution < -0.4 is 5.32 Å². The van der Waals surface area contributed by atoms with E-state index in [1.165, 1.54) is 51.6 Å². The van der Waals surface area contributed by atoms with Gasteiger partial charge in [-0.1, -0.05) is 6.42 Å². The minimum absolute atomic E-state index is 0.455. The van der Waals surface area contributed by atoms with E-state index in [1.807, 2.05) is 7.05 Å². The molecule has 2 heterocycles. The SMILES string of the molecule is CN=C(NC1C2CCOC2C12CCC2)N1CCCC1. The fourth-order valence-corrected chi connectivity index (χ4v) is 4.82. The van der Waals surface area contributed by atoms with E-state index in [0.717, 1.165) is 18.5 Å². The van der Waals surface area contributed by atoms with Gasteiger partial charge in [0.1, 0.15) is 0 Å². The number of hydrogen-bond donors (Lipinski definition) is 1. The number of aliphatic imine (C=N–C) groups is 1. The Hall–Kier alpha value is -0.770. The summed E-state index contributed by atoms with van der Waals surface area (Å²) in [6.45, 7) is 3.31. The van der Waals surface area contributed by atoms with Gasteiger partial charge >= 0.3 is 0 Å². The molecule has 4 fully saturated rings. The summed E-state index contributed by atoms with van der Waals surface area (Å²) < 4.78 is 5.99. The van der Waals surface area contributed by atoms with Crippen molar-refractivity contribution in [2.45, 2.75) is 50.7 Å². The molecule has 1 N–H and O–H groups in total. The van der Waals surface area contributed by atoms with Crippen LogP contribution in [0.3, 0.4) is 0 Å². The molecular weight excluding hydrogens is 238 g/mol. The molecule has 0 aromatic rings. The lowest BCUT2D eigenvalue weighted by Gasteiger charge is -2.63. The number of guanidine groups is 1. The predicted molar refractivity (Wildman–Crippen MR) is 75.2 cm³/mol. The fraction of sp³-hybridized carbons (Fsp3) is 0.933. The molecule has 2 aliphatic carbocycles. The van der Waals surface area contributed by atoms with E-state index in [1.54, 1.807) is 0 Å². The fourth-order valence-electron chi connectivity index (χ4n) is 4.82. The van der Waals surface area contributed by atoms with Crippen LogP contribution in [-0.2, 0) is 4.74 Å². The zero-order chi connectivity index (χ0) is 12.9. The molecule has 4 nitrogen and oxygen atoms in total. The van der Waals surface area contributed by atoms with Crippen LogP contribution in [0, 0.1) is 11.3 Å². The first-order valence-electron chi connectivity index (χ1n) is 7.95. The maximum absolute atomic E-state index is 5.99. The van der Waals surface area contributed by atoms with Crippen LogP contribution in [-0.4, -0.2) is 49.7 Å². The standard InChI is InChI=1S/C15H25N3O/c1-16-14(18-8-2-3-9-18)17-12-11-5-10-19-13(11)15(12)6-4-7-15/h11-13H,2-10H2,1H3,(H,16,17). The number of nitrogens with zero attached hydrogens (tertiary/aromatic N) is 2. The minimum Gasteiger partial charge on any atom is -0.377 e. The van der Waals surface area contributed by atoms with Crippen molar-refractivity contribution in [3.8, 4) is 0 Å². The van der Waals surface area contributed by atoms with Crippen LogP contribution in [0.15, 0.2) is 4.99 Å². The van der Waals surface area contributed by atoms with E-state index in [4.69, 9.17) is 4.74 Å². The number of hydrogen-bond acceptors (Lipinski definition) is 2. The van der Waals surface area contributed by atoms with Crippen LogP contribution in [0.25, 0.3) is 0 Å². The van der Waals surface area contributed by atoms with Crippen molar-refractivity contribution in [2.75, 3.05) is 26.7 Å². The highest BCUT2D eigenvalue weighted by molar-refractivity contribution is 5.80. The predicted octanol–water partition coefficient (Wildman–Crippen LogP) is 1.62. The maximum Gasteiger partial charge on any atom is 0.193 e. The van der Waals surface area contributed by atoms with Crippen molar-refractivity contribution in [3.05, 3.63) is 0 Å². The average Bonchev–Trinajstić information content (AvgIpc) is 2.99. The van der Waals surface area contributed by atoms with Crippen LogP contribution in [0.1, 0.15) is 38.5 Å². The number of fused-ring (bicyclic) bond motifs is 2. The van der Waals surface area contributed by atoms with E-state index in [-0.39, 0.29) is 0 Å². The molecule has 4 aliphatic rings. The molecule has 2 aliphatic heterocycles. The number of nitrogens with one attached hydrogen (secondary N) is 1. The highest BCUT2D eigenvalue weighted by Gasteiger charge is 2.66. The number of likely N-dealkylation sites (tertiary alicyclic amines) is 1. The van der Waals surface area contributed by atoms with Gasteiger partial charge in [-0.25, -0.2) is 0 Å². The van der Waals surface area contributed by atoms with Crippen molar-refractivity contribution in [2.24, 2.45) is 16.3 Å². The third kappa shape index (κ3) is 1.58. The van der Waals surface area contributed by atoms with Crippen LogP contribution in [0.5, 0.6) is 0 Å². The van der Waals surface area contributed by atoms with Crippen LogP contribution >= 0.6 is 0 Å². The molecule has 4 heteroatoms. The molecule has 1 spiro atoms. The van der Waals surface area contributed by atoms with E-state index in [9.17, 15) is 0 Å². The lowest BCUT2D eigenvalue weighted by atomic mass is 9.46. The number of ether oxygens (including phenoxy) is 1.